The molecule has 0 atom stereocenters. The zero-order valence-electron chi connectivity index (χ0n) is 12.7. The standard InChI is InChI=1S/C16H23N5/c1-13(2)15-9-16(21-12-20-15)19-8-4-7-18-11-14-5-3-6-17-10-14/h3,5-6,9-10,12-13,18H,4,7-8,11H2,1-2H3,(H,19,20,21). The quantitative estimate of drug-likeness (QED) is 0.730. The summed E-state index contributed by atoms with van der Waals surface area (Å²) in [5.74, 6) is 1.33. The maximum absolute atomic E-state index is 4.26. The minimum Gasteiger partial charge on any atom is -0.370 e. The number of pyridine rings is 1. The first kappa shape index (κ1) is 15.4. The van der Waals surface area contributed by atoms with Gasteiger partial charge in [0, 0.05) is 37.2 Å². The molecule has 0 amide bonds. The third kappa shape index (κ3) is 5.47. The Morgan fingerprint density at radius 2 is 2.10 bits per heavy atom. The Morgan fingerprint density at radius 1 is 1.19 bits per heavy atom. The van der Waals surface area contributed by atoms with Crippen molar-refractivity contribution >= 4 is 5.82 Å². The first-order chi connectivity index (χ1) is 10.3. The van der Waals surface area contributed by atoms with Crippen molar-refractivity contribution < 1.29 is 0 Å². The number of hydrogen-bond acceptors (Lipinski definition) is 5. The molecule has 5 nitrogen and oxygen atoms in total. The van der Waals surface area contributed by atoms with Gasteiger partial charge in [-0.15, -0.1) is 0 Å². The second-order valence-electron chi connectivity index (χ2n) is 5.30. The molecule has 0 aliphatic carbocycles. The lowest BCUT2D eigenvalue weighted by Gasteiger charge is -2.09. The fourth-order valence-electron chi connectivity index (χ4n) is 1.95. The molecule has 0 spiro atoms. The van der Waals surface area contributed by atoms with Crippen LogP contribution >= 0.6 is 0 Å². The fraction of sp³-hybridized carbons (Fsp3) is 0.438. The van der Waals surface area contributed by atoms with E-state index in [0.29, 0.717) is 5.92 Å². The largest absolute Gasteiger partial charge is 0.370 e. The van der Waals surface area contributed by atoms with E-state index in [-0.39, 0.29) is 0 Å². The molecule has 0 fully saturated rings. The Labute approximate surface area is 126 Å². The molecule has 2 heterocycles. The predicted octanol–water partition coefficient (Wildman–Crippen LogP) is 2.59. The Morgan fingerprint density at radius 3 is 2.86 bits per heavy atom. The van der Waals surface area contributed by atoms with E-state index in [4.69, 9.17) is 0 Å². The average molecular weight is 285 g/mol. The van der Waals surface area contributed by atoms with Crippen molar-refractivity contribution in [2.45, 2.75) is 32.7 Å². The first-order valence-electron chi connectivity index (χ1n) is 7.41. The summed E-state index contributed by atoms with van der Waals surface area (Å²) in [6.07, 6.45) is 6.35. The van der Waals surface area contributed by atoms with Gasteiger partial charge in [-0.05, 0) is 30.5 Å². The van der Waals surface area contributed by atoms with Crippen LogP contribution < -0.4 is 10.6 Å². The molecule has 0 saturated heterocycles. The molecule has 0 aromatic carbocycles. The summed E-state index contributed by atoms with van der Waals surface area (Å²) in [6.45, 7) is 6.99. The second kappa shape index (κ2) is 8.32. The molecule has 5 heteroatoms. The van der Waals surface area contributed by atoms with Gasteiger partial charge in [-0.25, -0.2) is 9.97 Å². The van der Waals surface area contributed by atoms with E-state index >= 15 is 0 Å². The van der Waals surface area contributed by atoms with Crippen LogP contribution in [0.4, 0.5) is 5.82 Å². The summed E-state index contributed by atoms with van der Waals surface area (Å²) in [5, 5.41) is 6.74. The summed E-state index contributed by atoms with van der Waals surface area (Å²) in [4.78, 5) is 12.6. The monoisotopic (exact) mass is 285 g/mol. The van der Waals surface area contributed by atoms with Gasteiger partial charge in [0.25, 0.3) is 0 Å². The van der Waals surface area contributed by atoms with E-state index in [1.807, 2.05) is 18.3 Å². The van der Waals surface area contributed by atoms with Crippen LogP contribution in [0.2, 0.25) is 0 Å². The normalized spacial score (nSPS) is 10.8. The smallest absolute Gasteiger partial charge is 0.129 e. The SMILES string of the molecule is CC(C)c1cc(NCCCNCc2cccnc2)ncn1. The number of nitrogens with zero attached hydrogens (tertiary/aromatic N) is 3. The van der Waals surface area contributed by atoms with Crippen LogP contribution in [-0.2, 0) is 6.54 Å². The van der Waals surface area contributed by atoms with Gasteiger partial charge >= 0.3 is 0 Å². The van der Waals surface area contributed by atoms with E-state index in [2.05, 4.69) is 45.5 Å². The Hall–Kier alpha value is -2.01. The molecule has 0 unspecified atom stereocenters. The van der Waals surface area contributed by atoms with Crippen molar-refractivity contribution in [1.82, 2.24) is 20.3 Å². The molecule has 2 rings (SSSR count). The van der Waals surface area contributed by atoms with Gasteiger partial charge in [0.2, 0.25) is 0 Å². The lowest BCUT2D eigenvalue weighted by molar-refractivity contribution is 0.661. The van der Waals surface area contributed by atoms with Crippen molar-refractivity contribution in [3.05, 3.63) is 48.2 Å². The molecule has 0 aliphatic heterocycles. The van der Waals surface area contributed by atoms with Gasteiger partial charge in [0.15, 0.2) is 0 Å². The highest BCUT2D eigenvalue weighted by molar-refractivity contribution is 5.35. The zero-order valence-corrected chi connectivity index (χ0v) is 12.7. The summed E-state index contributed by atoms with van der Waals surface area (Å²) >= 11 is 0. The van der Waals surface area contributed by atoms with Crippen LogP contribution in [-0.4, -0.2) is 28.0 Å². The molecule has 2 aromatic heterocycles. The van der Waals surface area contributed by atoms with Crippen molar-refractivity contribution in [3.63, 3.8) is 0 Å². The Balaban J connectivity index is 1.62. The van der Waals surface area contributed by atoms with E-state index in [1.165, 1.54) is 5.56 Å². The molecule has 112 valence electrons. The molecule has 21 heavy (non-hydrogen) atoms. The Bertz CT molecular complexity index is 527. The van der Waals surface area contributed by atoms with Gasteiger partial charge in [-0.3, -0.25) is 4.98 Å². The number of hydrogen-bond donors (Lipinski definition) is 2. The third-order valence-corrected chi connectivity index (χ3v) is 3.17. The number of aromatic nitrogens is 3. The zero-order chi connectivity index (χ0) is 14.9. The highest BCUT2D eigenvalue weighted by Crippen LogP contribution is 2.13. The summed E-state index contributed by atoms with van der Waals surface area (Å²) in [6, 6.07) is 6.06. The predicted molar refractivity (Wildman–Crippen MR) is 85.2 cm³/mol. The lowest BCUT2D eigenvalue weighted by atomic mass is 10.1. The lowest BCUT2D eigenvalue weighted by Crippen LogP contribution is -2.18. The minimum atomic E-state index is 0.426. The van der Waals surface area contributed by atoms with Crippen LogP contribution in [0.25, 0.3) is 0 Å². The van der Waals surface area contributed by atoms with Crippen LogP contribution in [0.15, 0.2) is 36.9 Å². The van der Waals surface area contributed by atoms with Gasteiger partial charge in [-0.2, -0.15) is 0 Å². The maximum atomic E-state index is 4.26. The van der Waals surface area contributed by atoms with Crippen LogP contribution in [0.5, 0.6) is 0 Å². The molecule has 0 saturated carbocycles. The van der Waals surface area contributed by atoms with Crippen molar-refractivity contribution in [2.75, 3.05) is 18.4 Å². The van der Waals surface area contributed by atoms with Gasteiger partial charge in [0.05, 0.1) is 0 Å². The highest BCUT2D eigenvalue weighted by Gasteiger charge is 2.02. The molecule has 0 aliphatic rings. The van der Waals surface area contributed by atoms with Crippen LogP contribution in [0, 0.1) is 0 Å². The summed E-state index contributed by atoms with van der Waals surface area (Å²) < 4.78 is 0. The number of anilines is 1. The molecule has 0 radical (unpaired) electrons. The summed E-state index contributed by atoms with van der Waals surface area (Å²) in [7, 11) is 0. The molecule has 0 bridgehead atoms. The second-order valence-corrected chi connectivity index (χ2v) is 5.30. The molecule has 2 N–H and O–H groups in total. The molecular formula is C16H23N5. The van der Waals surface area contributed by atoms with Crippen LogP contribution in [0.1, 0.15) is 37.4 Å². The fourth-order valence-corrected chi connectivity index (χ4v) is 1.95. The van der Waals surface area contributed by atoms with Crippen molar-refractivity contribution in [3.8, 4) is 0 Å². The van der Waals surface area contributed by atoms with E-state index in [1.54, 1.807) is 12.5 Å². The van der Waals surface area contributed by atoms with Crippen molar-refractivity contribution in [2.24, 2.45) is 0 Å². The first-order valence-corrected chi connectivity index (χ1v) is 7.41. The topological polar surface area (TPSA) is 62.7 Å². The van der Waals surface area contributed by atoms with E-state index in [0.717, 1.165) is 37.6 Å². The van der Waals surface area contributed by atoms with Gasteiger partial charge in [-0.1, -0.05) is 19.9 Å². The van der Waals surface area contributed by atoms with Crippen LogP contribution in [0.3, 0.4) is 0 Å². The average Bonchev–Trinajstić information content (AvgIpc) is 2.52. The number of nitrogens with one attached hydrogen (secondary N) is 2. The maximum Gasteiger partial charge on any atom is 0.129 e. The van der Waals surface area contributed by atoms with Gasteiger partial charge < -0.3 is 10.6 Å². The Kier molecular flexibility index (Phi) is 6.09. The number of rotatable bonds is 8. The molecule has 2 aromatic rings. The van der Waals surface area contributed by atoms with E-state index < -0.39 is 0 Å². The third-order valence-electron chi connectivity index (χ3n) is 3.17. The summed E-state index contributed by atoms with van der Waals surface area (Å²) in [5.41, 5.74) is 2.28. The van der Waals surface area contributed by atoms with Crippen molar-refractivity contribution in [1.29, 1.82) is 0 Å². The van der Waals surface area contributed by atoms with E-state index in [9.17, 15) is 0 Å². The van der Waals surface area contributed by atoms with Gasteiger partial charge in [0.1, 0.15) is 12.1 Å². The molecular weight excluding hydrogens is 262 g/mol. The minimum absolute atomic E-state index is 0.426. The highest BCUT2D eigenvalue weighted by atomic mass is 15.0.